The largest absolute Gasteiger partial charge is 0.300 e. The van der Waals surface area contributed by atoms with Crippen LogP contribution in [0.5, 0.6) is 0 Å². The summed E-state index contributed by atoms with van der Waals surface area (Å²) < 4.78 is 0. The van der Waals surface area contributed by atoms with Gasteiger partial charge in [-0.05, 0) is 38.1 Å². The molecule has 0 N–H and O–H groups in total. The van der Waals surface area contributed by atoms with Crippen LogP contribution in [-0.2, 0) is 4.79 Å². The lowest BCUT2D eigenvalue weighted by Crippen LogP contribution is -2.40. The molecule has 0 amide bonds. The summed E-state index contributed by atoms with van der Waals surface area (Å²) in [6, 6.07) is 0.501. The quantitative estimate of drug-likeness (QED) is 0.730. The molecule has 0 aromatic rings. The van der Waals surface area contributed by atoms with Crippen molar-refractivity contribution in [3.05, 3.63) is 0 Å². The standard InChI is InChI=1S/C15H29NO/c1-5-6-10-16-12-15(3,4)9-7-8-14(16)11-13(2)17/h14H,5-12H2,1-4H3. The summed E-state index contributed by atoms with van der Waals surface area (Å²) in [6.07, 6.45) is 7.01. The van der Waals surface area contributed by atoms with Crippen LogP contribution in [0.15, 0.2) is 0 Å². The van der Waals surface area contributed by atoms with Gasteiger partial charge < -0.3 is 0 Å². The van der Waals surface area contributed by atoms with Gasteiger partial charge in [-0.2, -0.15) is 0 Å². The molecule has 0 spiro atoms. The van der Waals surface area contributed by atoms with Crippen molar-refractivity contribution in [1.82, 2.24) is 4.90 Å². The number of ketones is 1. The number of carbonyl (C=O) groups excluding carboxylic acids is 1. The fourth-order valence-corrected chi connectivity index (χ4v) is 2.94. The highest BCUT2D eigenvalue weighted by molar-refractivity contribution is 5.76. The Balaban J connectivity index is 2.66. The molecule has 1 aliphatic heterocycles. The van der Waals surface area contributed by atoms with Gasteiger partial charge >= 0.3 is 0 Å². The van der Waals surface area contributed by atoms with E-state index in [1.54, 1.807) is 6.92 Å². The highest BCUT2D eigenvalue weighted by Crippen LogP contribution is 2.31. The minimum Gasteiger partial charge on any atom is -0.300 e. The molecule has 1 rings (SSSR count). The van der Waals surface area contributed by atoms with Crippen molar-refractivity contribution in [2.75, 3.05) is 13.1 Å². The minimum absolute atomic E-state index is 0.344. The highest BCUT2D eigenvalue weighted by Gasteiger charge is 2.30. The highest BCUT2D eigenvalue weighted by atomic mass is 16.1. The van der Waals surface area contributed by atoms with Gasteiger partial charge in [-0.15, -0.1) is 0 Å². The van der Waals surface area contributed by atoms with Crippen molar-refractivity contribution in [2.45, 2.75) is 72.3 Å². The van der Waals surface area contributed by atoms with Gasteiger partial charge in [0.1, 0.15) is 5.78 Å². The monoisotopic (exact) mass is 239 g/mol. The Kier molecular flexibility index (Phi) is 5.64. The van der Waals surface area contributed by atoms with Crippen molar-refractivity contribution in [3.63, 3.8) is 0 Å². The molecule has 0 aliphatic carbocycles. The SMILES string of the molecule is CCCCN1CC(C)(C)CCCC1CC(C)=O. The van der Waals surface area contributed by atoms with Crippen LogP contribution in [-0.4, -0.2) is 29.8 Å². The maximum atomic E-state index is 11.4. The van der Waals surface area contributed by atoms with Gasteiger partial charge in [-0.3, -0.25) is 9.69 Å². The summed E-state index contributed by atoms with van der Waals surface area (Å²) in [4.78, 5) is 14.0. The number of unbranched alkanes of at least 4 members (excludes halogenated alkanes) is 1. The lowest BCUT2D eigenvalue weighted by atomic mass is 9.88. The molecule has 0 saturated carbocycles. The first-order valence-electron chi connectivity index (χ1n) is 7.18. The summed E-state index contributed by atoms with van der Waals surface area (Å²) in [5, 5.41) is 0. The third kappa shape index (κ3) is 5.20. The lowest BCUT2D eigenvalue weighted by Gasteiger charge is -2.34. The molecule has 2 heteroatoms. The van der Waals surface area contributed by atoms with Gasteiger partial charge in [-0.25, -0.2) is 0 Å². The summed E-state index contributed by atoms with van der Waals surface area (Å²) in [5.74, 6) is 0.344. The average molecular weight is 239 g/mol. The zero-order valence-corrected chi connectivity index (χ0v) is 12.1. The number of nitrogens with zero attached hydrogens (tertiary/aromatic N) is 1. The fourth-order valence-electron chi connectivity index (χ4n) is 2.94. The Bertz CT molecular complexity index is 247. The molecule has 0 bridgehead atoms. The molecular formula is C15H29NO. The first-order valence-corrected chi connectivity index (χ1v) is 7.18. The van der Waals surface area contributed by atoms with E-state index in [1.165, 1.54) is 32.1 Å². The molecule has 1 aliphatic rings. The molecule has 100 valence electrons. The zero-order valence-electron chi connectivity index (χ0n) is 12.1. The van der Waals surface area contributed by atoms with Gasteiger partial charge in [0.15, 0.2) is 0 Å². The van der Waals surface area contributed by atoms with E-state index >= 15 is 0 Å². The maximum absolute atomic E-state index is 11.4. The summed E-state index contributed by atoms with van der Waals surface area (Å²) in [6.45, 7) is 11.0. The van der Waals surface area contributed by atoms with Crippen LogP contribution in [0.25, 0.3) is 0 Å². The molecule has 1 fully saturated rings. The summed E-state index contributed by atoms with van der Waals surface area (Å²) in [5.41, 5.74) is 0.416. The fraction of sp³-hybridized carbons (Fsp3) is 0.933. The summed E-state index contributed by atoms with van der Waals surface area (Å²) in [7, 11) is 0. The van der Waals surface area contributed by atoms with Gasteiger partial charge in [-0.1, -0.05) is 33.6 Å². The van der Waals surface area contributed by atoms with Crippen LogP contribution in [0.2, 0.25) is 0 Å². The summed E-state index contributed by atoms with van der Waals surface area (Å²) >= 11 is 0. The first-order chi connectivity index (χ1) is 7.94. The lowest BCUT2D eigenvalue weighted by molar-refractivity contribution is -0.118. The molecule has 17 heavy (non-hydrogen) atoms. The van der Waals surface area contributed by atoms with Crippen molar-refractivity contribution >= 4 is 5.78 Å². The topological polar surface area (TPSA) is 20.3 Å². The van der Waals surface area contributed by atoms with Crippen LogP contribution >= 0.6 is 0 Å². The maximum Gasteiger partial charge on any atom is 0.131 e. The smallest absolute Gasteiger partial charge is 0.131 e. The second-order valence-electron chi connectivity index (χ2n) is 6.44. The number of carbonyl (C=O) groups is 1. The van der Waals surface area contributed by atoms with E-state index < -0.39 is 0 Å². The van der Waals surface area contributed by atoms with Gasteiger partial charge in [0.25, 0.3) is 0 Å². The Morgan fingerprint density at radius 2 is 2.12 bits per heavy atom. The second kappa shape index (κ2) is 6.53. The van der Waals surface area contributed by atoms with Crippen LogP contribution in [0.1, 0.15) is 66.2 Å². The van der Waals surface area contributed by atoms with Crippen molar-refractivity contribution < 1.29 is 4.79 Å². The van der Waals surface area contributed by atoms with Crippen LogP contribution in [0.3, 0.4) is 0 Å². The van der Waals surface area contributed by atoms with E-state index in [0.29, 0.717) is 17.2 Å². The Hall–Kier alpha value is -0.370. The van der Waals surface area contributed by atoms with Gasteiger partial charge in [0.2, 0.25) is 0 Å². The van der Waals surface area contributed by atoms with E-state index in [1.807, 2.05) is 0 Å². The van der Waals surface area contributed by atoms with E-state index in [9.17, 15) is 4.79 Å². The van der Waals surface area contributed by atoms with E-state index in [4.69, 9.17) is 0 Å². The minimum atomic E-state index is 0.344. The van der Waals surface area contributed by atoms with Crippen molar-refractivity contribution in [2.24, 2.45) is 5.41 Å². The molecule has 0 radical (unpaired) electrons. The average Bonchev–Trinajstić information content (AvgIpc) is 2.34. The predicted octanol–water partition coefficient (Wildman–Crippen LogP) is 3.65. The van der Waals surface area contributed by atoms with Crippen LogP contribution in [0.4, 0.5) is 0 Å². The van der Waals surface area contributed by atoms with E-state index in [0.717, 1.165) is 19.5 Å². The number of likely N-dealkylation sites (tertiary alicyclic amines) is 1. The number of hydrogen-bond donors (Lipinski definition) is 0. The molecule has 0 aromatic heterocycles. The van der Waals surface area contributed by atoms with Crippen molar-refractivity contribution in [1.29, 1.82) is 0 Å². The molecule has 2 nitrogen and oxygen atoms in total. The Morgan fingerprint density at radius 1 is 1.41 bits per heavy atom. The van der Waals surface area contributed by atoms with Gasteiger partial charge in [0, 0.05) is 19.0 Å². The molecule has 0 aromatic carbocycles. The van der Waals surface area contributed by atoms with E-state index in [-0.39, 0.29) is 0 Å². The number of hydrogen-bond acceptors (Lipinski definition) is 2. The molecule has 1 heterocycles. The third-order valence-corrected chi connectivity index (χ3v) is 3.86. The zero-order chi connectivity index (χ0) is 12.9. The normalized spacial score (nSPS) is 25.5. The van der Waals surface area contributed by atoms with Crippen LogP contribution < -0.4 is 0 Å². The molecule has 1 saturated heterocycles. The van der Waals surface area contributed by atoms with Crippen molar-refractivity contribution in [3.8, 4) is 0 Å². The van der Waals surface area contributed by atoms with E-state index in [2.05, 4.69) is 25.7 Å². The Morgan fingerprint density at radius 3 is 2.71 bits per heavy atom. The molecule has 1 atom stereocenters. The third-order valence-electron chi connectivity index (χ3n) is 3.86. The van der Waals surface area contributed by atoms with Crippen LogP contribution in [0, 0.1) is 5.41 Å². The second-order valence-corrected chi connectivity index (χ2v) is 6.44. The molecule has 1 unspecified atom stereocenters. The molecular weight excluding hydrogens is 210 g/mol. The number of Topliss-reactive ketones (excluding diaryl/α,β-unsaturated/α-hetero) is 1. The number of rotatable bonds is 5. The first kappa shape index (κ1) is 14.7. The van der Waals surface area contributed by atoms with Gasteiger partial charge in [0.05, 0.1) is 0 Å². The Labute approximate surface area is 107 Å². The predicted molar refractivity (Wildman–Crippen MR) is 73.2 cm³/mol.